The van der Waals surface area contributed by atoms with E-state index in [1.807, 2.05) is 0 Å². The minimum absolute atomic E-state index is 0.0145. The Hall–Kier alpha value is -3.55. The van der Waals surface area contributed by atoms with Gasteiger partial charge in [0, 0.05) is 23.3 Å². The second-order valence-corrected chi connectivity index (χ2v) is 5.57. The van der Waals surface area contributed by atoms with Crippen LogP contribution in [0.3, 0.4) is 0 Å². The zero-order valence-electron chi connectivity index (χ0n) is 13.8. The number of nitro benzene ring substituents is 1. The van der Waals surface area contributed by atoms with Gasteiger partial charge in [-0.15, -0.1) is 0 Å². The predicted octanol–water partition coefficient (Wildman–Crippen LogP) is 2.56. The molecule has 8 heteroatoms. The topological polar surface area (TPSA) is 125 Å². The van der Waals surface area contributed by atoms with Crippen LogP contribution in [0, 0.1) is 10.1 Å². The number of aromatic hydroxyl groups is 1. The van der Waals surface area contributed by atoms with E-state index in [2.05, 4.69) is 0 Å². The fraction of sp³-hybridized carbons (Fsp3) is 0.167. The molecular weight excluding hydrogens is 340 g/mol. The fourth-order valence-electron chi connectivity index (χ4n) is 2.97. The maximum absolute atomic E-state index is 12.5. The molecule has 0 fully saturated rings. The van der Waals surface area contributed by atoms with Crippen molar-refractivity contribution < 1.29 is 24.3 Å². The van der Waals surface area contributed by atoms with Crippen LogP contribution >= 0.6 is 0 Å². The van der Waals surface area contributed by atoms with Crippen molar-refractivity contribution in [2.75, 3.05) is 6.61 Å². The van der Waals surface area contributed by atoms with E-state index < -0.39 is 16.8 Å². The molecule has 1 aliphatic heterocycles. The van der Waals surface area contributed by atoms with Crippen molar-refractivity contribution in [3.63, 3.8) is 0 Å². The van der Waals surface area contributed by atoms with Crippen molar-refractivity contribution in [2.45, 2.75) is 12.8 Å². The summed E-state index contributed by atoms with van der Waals surface area (Å²) in [7, 11) is 0. The quantitative estimate of drug-likeness (QED) is 0.490. The molecule has 134 valence electrons. The zero-order chi connectivity index (χ0) is 18.8. The lowest BCUT2D eigenvalue weighted by molar-refractivity contribution is -0.385. The number of carbonyl (C=O) groups is 1. The first kappa shape index (κ1) is 17.3. The van der Waals surface area contributed by atoms with Gasteiger partial charge < -0.3 is 20.3 Å². The molecule has 2 aromatic carbocycles. The van der Waals surface area contributed by atoms with Crippen LogP contribution < -0.4 is 10.5 Å². The molecule has 0 aromatic heterocycles. The maximum Gasteiger partial charge on any atom is 0.340 e. The van der Waals surface area contributed by atoms with Crippen molar-refractivity contribution in [1.82, 2.24) is 0 Å². The van der Waals surface area contributed by atoms with Crippen LogP contribution in [0.4, 0.5) is 5.69 Å². The summed E-state index contributed by atoms with van der Waals surface area (Å²) < 4.78 is 10.5. The number of esters is 1. The minimum atomic E-state index is -0.861. The first-order valence-corrected chi connectivity index (χ1v) is 7.84. The highest BCUT2D eigenvalue weighted by Gasteiger charge is 2.38. The molecule has 0 amide bonds. The number of nitrogens with two attached hydrogens (primary N) is 1. The Balaban J connectivity index is 2.27. The van der Waals surface area contributed by atoms with Gasteiger partial charge in [-0.25, -0.2) is 4.79 Å². The first-order chi connectivity index (χ1) is 12.4. The molecule has 0 saturated heterocycles. The van der Waals surface area contributed by atoms with Crippen LogP contribution in [0.1, 0.15) is 24.0 Å². The van der Waals surface area contributed by atoms with Crippen LogP contribution in [0.5, 0.6) is 11.5 Å². The van der Waals surface area contributed by atoms with Crippen LogP contribution in [0.25, 0.3) is 0 Å². The van der Waals surface area contributed by atoms with Crippen molar-refractivity contribution in [2.24, 2.45) is 5.73 Å². The summed E-state index contributed by atoms with van der Waals surface area (Å²) in [5.41, 5.74) is 6.50. The van der Waals surface area contributed by atoms with Crippen molar-refractivity contribution >= 4 is 11.7 Å². The molecule has 26 heavy (non-hydrogen) atoms. The molecule has 3 N–H and O–H groups in total. The normalized spacial score (nSPS) is 15.8. The summed E-state index contributed by atoms with van der Waals surface area (Å²) in [6, 6.07) is 10.4. The Morgan fingerprint density at radius 1 is 1.31 bits per heavy atom. The van der Waals surface area contributed by atoms with Gasteiger partial charge in [-0.1, -0.05) is 24.3 Å². The summed E-state index contributed by atoms with van der Waals surface area (Å²) in [4.78, 5) is 23.5. The number of para-hydroxylation sites is 1. The van der Waals surface area contributed by atoms with Gasteiger partial charge >= 0.3 is 5.97 Å². The number of benzene rings is 2. The molecule has 0 aliphatic carbocycles. The smallest absolute Gasteiger partial charge is 0.340 e. The molecule has 2 aromatic rings. The number of fused-ring (bicyclic) bond motifs is 1. The van der Waals surface area contributed by atoms with Gasteiger partial charge in [0.15, 0.2) is 0 Å². The van der Waals surface area contributed by atoms with E-state index in [0.29, 0.717) is 5.56 Å². The lowest BCUT2D eigenvalue weighted by atomic mass is 9.82. The molecule has 3 rings (SSSR count). The van der Waals surface area contributed by atoms with Gasteiger partial charge in [-0.2, -0.15) is 0 Å². The van der Waals surface area contributed by atoms with E-state index >= 15 is 0 Å². The summed E-state index contributed by atoms with van der Waals surface area (Å²) >= 11 is 0. The monoisotopic (exact) mass is 356 g/mol. The Labute approximate surface area is 148 Å². The van der Waals surface area contributed by atoms with Crippen LogP contribution in [-0.2, 0) is 9.53 Å². The third-order valence-electron chi connectivity index (χ3n) is 4.02. The number of carbonyl (C=O) groups excluding carboxylic acids is 1. The molecule has 1 unspecified atom stereocenters. The van der Waals surface area contributed by atoms with Crippen molar-refractivity contribution in [3.05, 3.63) is 75.2 Å². The molecule has 0 spiro atoms. The van der Waals surface area contributed by atoms with E-state index in [1.165, 1.54) is 30.3 Å². The average Bonchev–Trinajstić information content (AvgIpc) is 2.60. The highest BCUT2D eigenvalue weighted by atomic mass is 16.6. The summed E-state index contributed by atoms with van der Waals surface area (Å²) in [5.74, 6) is -1.63. The second-order valence-electron chi connectivity index (χ2n) is 5.57. The number of hydrogen-bond acceptors (Lipinski definition) is 7. The largest absolute Gasteiger partial charge is 0.508 e. The Kier molecular flexibility index (Phi) is 4.49. The first-order valence-electron chi connectivity index (χ1n) is 7.84. The SMILES string of the molecule is CCOC(=O)C1=C(N)Oc2cc(O)ccc2C1c1ccccc1[N+](=O)[O-]. The highest BCUT2D eigenvalue weighted by molar-refractivity contribution is 5.93. The van der Waals surface area contributed by atoms with E-state index in [4.69, 9.17) is 15.2 Å². The number of nitro groups is 1. The number of nitrogens with zero attached hydrogens (tertiary/aromatic N) is 1. The van der Waals surface area contributed by atoms with E-state index in [-0.39, 0.29) is 40.8 Å². The lowest BCUT2D eigenvalue weighted by Gasteiger charge is -2.28. The van der Waals surface area contributed by atoms with Gasteiger partial charge in [0.25, 0.3) is 5.69 Å². The molecule has 8 nitrogen and oxygen atoms in total. The van der Waals surface area contributed by atoms with Gasteiger partial charge in [-0.05, 0) is 13.0 Å². The molecular formula is C18H16N2O6. The Morgan fingerprint density at radius 2 is 2.04 bits per heavy atom. The van der Waals surface area contributed by atoms with Crippen LogP contribution in [0.15, 0.2) is 53.9 Å². The Bertz CT molecular complexity index is 922. The van der Waals surface area contributed by atoms with Gasteiger partial charge in [0.2, 0.25) is 5.88 Å². The van der Waals surface area contributed by atoms with Crippen molar-refractivity contribution in [3.8, 4) is 11.5 Å². The number of phenols is 1. The molecule has 0 bridgehead atoms. The number of ether oxygens (including phenoxy) is 2. The van der Waals surface area contributed by atoms with Crippen molar-refractivity contribution in [1.29, 1.82) is 0 Å². The van der Waals surface area contributed by atoms with E-state index in [9.17, 15) is 20.0 Å². The Morgan fingerprint density at radius 3 is 2.73 bits per heavy atom. The van der Waals surface area contributed by atoms with Crippen LogP contribution in [-0.4, -0.2) is 22.6 Å². The summed E-state index contributed by atoms with van der Waals surface area (Å²) in [5, 5.41) is 21.2. The molecule has 1 heterocycles. The number of rotatable bonds is 4. The van der Waals surface area contributed by atoms with Gasteiger partial charge in [-0.3, -0.25) is 10.1 Å². The minimum Gasteiger partial charge on any atom is -0.508 e. The third kappa shape index (κ3) is 2.92. The molecule has 0 saturated carbocycles. The van der Waals surface area contributed by atoms with Gasteiger partial charge in [0.1, 0.15) is 17.1 Å². The maximum atomic E-state index is 12.5. The fourth-order valence-corrected chi connectivity index (χ4v) is 2.97. The number of hydrogen-bond donors (Lipinski definition) is 2. The standard InChI is InChI=1S/C18H16N2O6/c1-2-25-18(22)16-15(11-5-3-4-6-13(11)20(23)24)12-8-7-10(21)9-14(12)26-17(16)19/h3-9,15,21H,2,19H2,1H3. The molecule has 1 aliphatic rings. The number of phenolic OH excluding ortho intramolecular Hbond substituents is 1. The second kappa shape index (κ2) is 6.75. The van der Waals surface area contributed by atoms with E-state index in [0.717, 1.165) is 0 Å². The van der Waals surface area contributed by atoms with Crippen LogP contribution in [0.2, 0.25) is 0 Å². The molecule has 0 radical (unpaired) electrons. The predicted molar refractivity (Wildman–Crippen MR) is 91.5 cm³/mol. The average molecular weight is 356 g/mol. The zero-order valence-corrected chi connectivity index (χ0v) is 13.8. The third-order valence-corrected chi connectivity index (χ3v) is 4.02. The highest BCUT2D eigenvalue weighted by Crippen LogP contribution is 2.46. The van der Waals surface area contributed by atoms with Gasteiger partial charge in [0.05, 0.1) is 17.4 Å². The lowest BCUT2D eigenvalue weighted by Crippen LogP contribution is -2.27. The summed E-state index contributed by atoms with van der Waals surface area (Å²) in [6.45, 7) is 1.76. The summed E-state index contributed by atoms with van der Waals surface area (Å²) in [6.07, 6.45) is 0. The van der Waals surface area contributed by atoms with E-state index in [1.54, 1.807) is 19.1 Å². The molecule has 1 atom stereocenters.